The molecule has 0 bridgehead atoms. The molecule has 0 amide bonds. The molecule has 1 saturated heterocycles. The van der Waals surface area contributed by atoms with Gasteiger partial charge >= 0.3 is 0 Å². The summed E-state index contributed by atoms with van der Waals surface area (Å²) >= 11 is 4.69. The number of fused-ring (bicyclic) bond motifs is 1. The van der Waals surface area contributed by atoms with Crippen molar-refractivity contribution in [2.45, 2.75) is 25.9 Å². The molecule has 1 fully saturated rings. The highest BCUT2D eigenvalue weighted by molar-refractivity contribution is 7.84. The molecule has 1 aromatic heterocycles. The molecule has 0 radical (unpaired) electrons. The second-order valence-corrected chi connectivity index (χ2v) is 8.85. The van der Waals surface area contributed by atoms with Gasteiger partial charge in [-0.15, -0.1) is 12.6 Å². The third-order valence-corrected chi connectivity index (χ3v) is 6.34. The summed E-state index contributed by atoms with van der Waals surface area (Å²) in [5, 5.41) is 11.5. The molecule has 0 aliphatic carbocycles. The van der Waals surface area contributed by atoms with Crippen LogP contribution in [0, 0.1) is 18.7 Å². The average molecular weight is 441 g/mol. The summed E-state index contributed by atoms with van der Waals surface area (Å²) in [5.41, 5.74) is 3.10. The van der Waals surface area contributed by atoms with E-state index in [2.05, 4.69) is 16.0 Å². The minimum Gasteiger partial charge on any atom is -0.490 e. The number of nitrogens with zero attached hydrogens (tertiary/aromatic N) is 1. The Hall–Kier alpha value is -2.28. The van der Waals surface area contributed by atoms with Crippen molar-refractivity contribution in [1.29, 1.82) is 0 Å². The van der Waals surface area contributed by atoms with Crippen LogP contribution in [-0.2, 0) is 0 Å². The number of aliphatic hydroxyl groups is 1. The van der Waals surface area contributed by atoms with Crippen molar-refractivity contribution in [3.8, 4) is 5.75 Å². The molecule has 1 unspecified atom stereocenters. The number of thiol groups is 1. The SMILES string of the molecule is Cc1cc2c(OCC(O)CN3CCC(/C(S)=C/c4ccc(F)cc4)CC3)cccc2[nH]1. The molecule has 4 nitrogen and oxygen atoms in total. The maximum atomic E-state index is 13.1. The standard InChI is InChI=1S/C25H29FN2O2S/c1-17-13-22-23(27-17)3-2-4-24(22)30-16-21(29)15-28-11-9-19(10-12-28)25(31)14-18-5-7-20(26)8-6-18/h2-8,13-14,19,21,27,29,31H,9-12,15-16H2,1H3/b25-14-. The summed E-state index contributed by atoms with van der Waals surface area (Å²) in [5.74, 6) is 0.964. The summed E-state index contributed by atoms with van der Waals surface area (Å²) in [6.45, 7) is 4.71. The van der Waals surface area contributed by atoms with Crippen LogP contribution >= 0.6 is 12.6 Å². The van der Waals surface area contributed by atoms with Gasteiger partial charge in [0, 0.05) is 23.1 Å². The van der Waals surface area contributed by atoms with E-state index in [0.29, 0.717) is 12.5 Å². The van der Waals surface area contributed by atoms with E-state index in [4.69, 9.17) is 17.4 Å². The zero-order valence-corrected chi connectivity index (χ0v) is 18.6. The molecule has 4 rings (SSSR count). The smallest absolute Gasteiger partial charge is 0.128 e. The van der Waals surface area contributed by atoms with Gasteiger partial charge in [-0.1, -0.05) is 18.2 Å². The number of hydrogen-bond acceptors (Lipinski definition) is 4. The Bertz CT molecular complexity index is 1040. The second-order valence-electron chi connectivity index (χ2n) is 8.33. The molecular weight excluding hydrogens is 411 g/mol. The van der Waals surface area contributed by atoms with E-state index in [1.165, 1.54) is 12.1 Å². The van der Waals surface area contributed by atoms with E-state index in [0.717, 1.165) is 58.7 Å². The van der Waals surface area contributed by atoms with Gasteiger partial charge in [0.1, 0.15) is 24.3 Å². The number of H-pyrrole nitrogens is 1. The van der Waals surface area contributed by atoms with E-state index in [1.807, 2.05) is 31.2 Å². The number of nitrogens with one attached hydrogen (secondary N) is 1. The van der Waals surface area contributed by atoms with Crippen LogP contribution in [-0.4, -0.2) is 47.3 Å². The highest BCUT2D eigenvalue weighted by atomic mass is 32.1. The van der Waals surface area contributed by atoms with Crippen LogP contribution in [0.15, 0.2) is 53.4 Å². The highest BCUT2D eigenvalue weighted by Crippen LogP contribution is 2.29. The number of aryl methyl sites for hydroxylation is 1. The molecule has 0 spiro atoms. The monoisotopic (exact) mass is 440 g/mol. The lowest BCUT2D eigenvalue weighted by atomic mass is 9.95. The van der Waals surface area contributed by atoms with E-state index in [9.17, 15) is 9.50 Å². The molecule has 1 atom stereocenters. The molecule has 31 heavy (non-hydrogen) atoms. The second kappa shape index (κ2) is 9.90. The molecule has 3 aromatic rings. The molecule has 2 aromatic carbocycles. The number of halogens is 1. The predicted molar refractivity (Wildman–Crippen MR) is 127 cm³/mol. The maximum absolute atomic E-state index is 13.1. The summed E-state index contributed by atoms with van der Waals surface area (Å²) in [4.78, 5) is 6.62. The topological polar surface area (TPSA) is 48.5 Å². The summed E-state index contributed by atoms with van der Waals surface area (Å²) < 4.78 is 19.0. The van der Waals surface area contributed by atoms with Crippen molar-refractivity contribution in [2.75, 3.05) is 26.2 Å². The number of β-amino-alcohol motifs (C(OH)–C–C–N with tert-alkyl or cyclic N) is 1. The van der Waals surface area contributed by atoms with Gasteiger partial charge in [-0.25, -0.2) is 4.39 Å². The van der Waals surface area contributed by atoms with E-state index < -0.39 is 6.10 Å². The number of aromatic nitrogens is 1. The number of aromatic amines is 1. The first-order valence-electron chi connectivity index (χ1n) is 10.8. The Labute approximate surface area is 188 Å². The molecule has 0 saturated carbocycles. The van der Waals surface area contributed by atoms with E-state index >= 15 is 0 Å². The van der Waals surface area contributed by atoms with Gasteiger partial charge in [0.05, 0.1) is 0 Å². The van der Waals surface area contributed by atoms with Crippen LogP contribution in [0.3, 0.4) is 0 Å². The third kappa shape index (κ3) is 5.70. The third-order valence-electron chi connectivity index (χ3n) is 5.85. The summed E-state index contributed by atoms with van der Waals surface area (Å²) in [7, 11) is 0. The molecule has 2 heterocycles. The fourth-order valence-electron chi connectivity index (χ4n) is 4.19. The largest absolute Gasteiger partial charge is 0.490 e. The summed E-state index contributed by atoms with van der Waals surface area (Å²) in [6, 6.07) is 14.5. The van der Waals surface area contributed by atoms with Crippen molar-refractivity contribution in [2.24, 2.45) is 5.92 Å². The molecule has 164 valence electrons. The number of likely N-dealkylation sites (tertiary alicyclic amines) is 1. The first-order valence-corrected chi connectivity index (χ1v) is 11.2. The molecule has 2 N–H and O–H groups in total. The maximum Gasteiger partial charge on any atom is 0.128 e. The van der Waals surface area contributed by atoms with Crippen LogP contribution in [0.2, 0.25) is 0 Å². The van der Waals surface area contributed by atoms with Crippen molar-refractivity contribution < 1.29 is 14.2 Å². The van der Waals surface area contributed by atoms with Crippen molar-refractivity contribution in [1.82, 2.24) is 9.88 Å². The Kier molecular flexibility index (Phi) is 7.00. The summed E-state index contributed by atoms with van der Waals surface area (Å²) in [6.07, 6.45) is 3.46. The van der Waals surface area contributed by atoms with Gasteiger partial charge in [0.15, 0.2) is 0 Å². The van der Waals surface area contributed by atoms with E-state index in [-0.39, 0.29) is 12.4 Å². The van der Waals surface area contributed by atoms with Crippen molar-refractivity contribution >= 4 is 29.6 Å². The molecule has 6 heteroatoms. The number of rotatable bonds is 7. The lowest BCUT2D eigenvalue weighted by Gasteiger charge is -2.33. The number of piperidine rings is 1. The average Bonchev–Trinajstić information content (AvgIpc) is 3.15. The number of hydrogen-bond donors (Lipinski definition) is 3. The van der Waals surface area contributed by atoms with Crippen molar-refractivity contribution in [3.05, 3.63) is 70.5 Å². The number of aliphatic hydroxyl groups excluding tert-OH is 1. The van der Waals surface area contributed by atoms with Gasteiger partial charge in [0.25, 0.3) is 0 Å². The minimum atomic E-state index is -0.544. The predicted octanol–water partition coefficient (Wildman–Crippen LogP) is 5.04. The van der Waals surface area contributed by atoms with Gasteiger partial charge in [0.2, 0.25) is 0 Å². The van der Waals surface area contributed by atoms with Crippen LogP contribution in [0.5, 0.6) is 5.75 Å². The Morgan fingerprint density at radius 2 is 2.00 bits per heavy atom. The van der Waals surface area contributed by atoms with Gasteiger partial charge in [-0.3, -0.25) is 0 Å². The fourth-order valence-corrected chi connectivity index (χ4v) is 4.60. The van der Waals surface area contributed by atoms with Gasteiger partial charge in [-0.05, 0) is 85.6 Å². The molecule has 1 aliphatic rings. The lowest BCUT2D eigenvalue weighted by Crippen LogP contribution is -2.40. The number of allylic oxidation sites excluding steroid dienone is 1. The van der Waals surface area contributed by atoms with Gasteiger partial charge in [-0.2, -0.15) is 0 Å². The zero-order chi connectivity index (χ0) is 21.8. The van der Waals surface area contributed by atoms with Crippen LogP contribution in [0.4, 0.5) is 4.39 Å². The Morgan fingerprint density at radius 1 is 1.26 bits per heavy atom. The van der Waals surface area contributed by atoms with E-state index in [1.54, 1.807) is 12.1 Å². The minimum absolute atomic E-state index is 0.228. The highest BCUT2D eigenvalue weighted by Gasteiger charge is 2.22. The number of benzene rings is 2. The van der Waals surface area contributed by atoms with Gasteiger partial charge < -0.3 is 19.7 Å². The first-order chi connectivity index (χ1) is 15.0. The van der Waals surface area contributed by atoms with Crippen molar-refractivity contribution in [3.63, 3.8) is 0 Å². The van der Waals surface area contributed by atoms with Crippen LogP contribution < -0.4 is 4.74 Å². The quantitative estimate of drug-likeness (QED) is 0.451. The van der Waals surface area contributed by atoms with Crippen LogP contribution in [0.25, 0.3) is 17.0 Å². The Morgan fingerprint density at radius 3 is 2.74 bits per heavy atom. The molecule has 1 aliphatic heterocycles. The molecular formula is C25H29FN2O2S. The number of ether oxygens (including phenoxy) is 1. The lowest BCUT2D eigenvalue weighted by molar-refractivity contribution is 0.0583. The fraction of sp³-hybridized carbons (Fsp3) is 0.360. The zero-order valence-electron chi connectivity index (χ0n) is 17.7. The first kappa shape index (κ1) is 21.9. The van der Waals surface area contributed by atoms with Crippen LogP contribution in [0.1, 0.15) is 24.1 Å². The normalized spacial score (nSPS) is 17.2. The Balaban J connectivity index is 1.25.